The first-order chi connectivity index (χ1) is 14.2. The highest BCUT2D eigenvalue weighted by atomic mass is 19.1. The van der Waals surface area contributed by atoms with Gasteiger partial charge in [-0.3, -0.25) is 4.79 Å². The molecule has 162 valence electrons. The standard InChI is InChI=1S/C14H20FN3O.C7H6FNO2/c1-2-18-7-5-11(6-8-18)17-14(19)10-3-4-13(16)12(15)9-10;8-5-3-4(7(10)11)1-2-6(5)9/h3-4,9,11H,2,5-8,16H2,1H3,(H,17,19);1-3H,9H2,(H,10,11). The Morgan fingerprint density at radius 1 is 1.03 bits per heavy atom. The van der Waals surface area contributed by atoms with Gasteiger partial charge in [0, 0.05) is 24.7 Å². The highest BCUT2D eigenvalue weighted by Crippen LogP contribution is 2.14. The number of nitrogens with one attached hydrogen (secondary N) is 1. The average molecular weight is 420 g/mol. The van der Waals surface area contributed by atoms with Gasteiger partial charge in [-0.15, -0.1) is 0 Å². The van der Waals surface area contributed by atoms with Crippen molar-refractivity contribution in [3.8, 4) is 0 Å². The molecule has 2 aromatic carbocycles. The zero-order valence-electron chi connectivity index (χ0n) is 16.7. The molecule has 0 aliphatic carbocycles. The summed E-state index contributed by atoms with van der Waals surface area (Å²) in [6.07, 6.45) is 1.88. The van der Waals surface area contributed by atoms with E-state index in [1.165, 1.54) is 24.3 Å². The molecule has 7 nitrogen and oxygen atoms in total. The number of amides is 1. The molecule has 1 aliphatic rings. The second-order valence-electron chi connectivity index (χ2n) is 6.96. The Morgan fingerprint density at radius 2 is 1.53 bits per heavy atom. The van der Waals surface area contributed by atoms with E-state index in [4.69, 9.17) is 16.6 Å². The van der Waals surface area contributed by atoms with Gasteiger partial charge in [-0.05, 0) is 55.8 Å². The maximum absolute atomic E-state index is 13.3. The number of anilines is 2. The fourth-order valence-corrected chi connectivity index (χ4v) is 2.99. The number of nitrogens with zero attached hydrogens (tertiary/aromatic N) is 1. The summed E-state index contributed by atoms with van der Waals surface area (Å²) in [5.74, 6) is -2.64. The minimum absolute atomic E-state index is 0.0463. The van der Waals surface area contributed by atoms with Crippen LogP contribution in [0, 0.1) is 11.6 Å². The number of carbonyl (C=O) groups excluding carboxylic acids is 1. The van der Waals surface area contributed by atoms with E-state index in [0.717, 1.165) is 38.5 Å². The predicted molar refractivity (Wildman–Crippen MR) is 111 cm³/mol. The Balaban J connectivity index is 0.000000248. The molecular formula is C21H26F2N4O3. The number of carboxylic acid groups (broad SMARTS) is 1. The average Bonchev–Trinajstić information content (AvgIpc) is 2.73. The first-order valence-corrected chi connectivity index (χ1v) is 9.57. The van der Waals surface area contributed by atoms with Crippen molar-refractivity contribution in [3.05, 3.63) is 59.2 Å². The van der Waals surface area contributed by atoms with Crippen LogP contribution < -0.4 is 16.8 Å². The van der Waals surface area contributed by atoms with Crippen LogP contribution in [0.5, 0.6) is 0 Å². The Morgan fingerprint density at radius 3 is 2.00 bits per heavy atom. The Hall–Kier alpha value is -3.20. The number of hydrogen-bond donors (Lipinski definition) is 4. The molecule has 1 aliphatic heterocycles. The van der Waals surface area contributed by atoms with Gasteiger partial charge in [-0.2, -0.15) is 0 Å². The molecule has 0 spiro atoms. The second kappa shape index (κ2) is 10.5. The van der Waals surface area contributed by atoms with E-state index in [2.05, 4.69) is 17.1 Å². The largest absolute Gasteiger partial charge is 0.478 e. The molecule has 9 heteroatoms. The van der Waals surface area contributed by atoms with Crippen molar-refractivity contribution in [3.63, 3.8) is 0 Å². The Kier molecular flexibility index (Phi) is 8.11. The first-order valence-electron chi connectivity index (χ1n) is 9.57. The number of aromatic carboxylic acids is 1. The number of nitrogens with two attached hydrogens (primary N) is 2. The molecule has 30 heavy (non-hydrogen) atoms. The summed E-state index contributed by atoms with van der Waals surface area (Å²) >= 11 is 0. The van der Waals surface area contributed by atoms with E-state index in [1.807, 2.05) is 0 Å². The van der Waals surface area contributed by atoms with Crippen LogP contribution in [0.3, 0.4) is 0 Å². The van der Waals surface area contributed by atoms with E-state index in [0.29, 0.717) is 5.56 Å². The third kappa shape index (κ3) is 6.41. The van der Waals surface area contributed by atoms with E-state index >= 15 is 0 Å². The summed E-state index contributed by atoms with van der Waals surface area (Å²) < 4.78 is 25.9. The fourth-order valence-electron chi connectivity index (χ4n) is 2.99. The normalized spacial score (nSPS) is 14.5. The zero-order chi connectivity index (χ0) is 22.3. The van der Waals surface area contributed by atoms with Crippen LogP contribution in [0.4, 0.5) is 20.2 Å². The highest BCUT2D eigenvalue weighted by molar-refractivity contribution is 5.94. The monoisotopic (exact) mass is 420 g/mol. The number of piperidine rings is 1. The SMILES string of the molecule is CCN1CCC(NC(=O)c2ccc(N)c(F)c2)CC1.Nc1ccc(C(=O)O)cc1F. The summed E-state index contributed by atoms with van der Waals surface area (Å²) in [6.45, 7) is 5.18. The first kappa shape index (κ1) is 23.1. The molecule has 1 amide bonds. The molecule has 0 atom stereocenters. The van der Waals surface area contributed by atoms with Gasteiger partial charge in [0.25, 0.3) is 5.91 Å². The van der Waals surface area contributed by atoms with Crippen molar-refractivity contribution >= 4 is 23.3 Å². The molecule has 1 fully saturated rings. The summed E-state index contributed by atoms with van der Waals surface area (Å²) in [5, 5.41) is 11.3. The number of halogens is 2. The molecule has 6 N–H and O–H groups in total. The number of hydrogen-bond acceptors (Lipinski definition) is 5. The molecular weight excluding hydrogens is 394 g/mol. The van der Waals surface area contributed by atoms with Gasteiger partial charge in [0.1, 0.15) is 11.6 Å². The van der Waals surface area contributed by atoms with Crippen molar-refractivity contribution in [1.29, 1.82) is 0 Å². The lowest BCUT2D eigenvalue weighted by atomic mass is 10.0. The molecule has 0 aromatic heterocycles. The topological polar surface area (TPSA) is 122 Å². The quantitative estimate of drug-likeness (QED) is 0.564. The lowest BCUT2D eigenvalue weighted by Crippen LogP contribution is -2.44. The van der Waals surface area contributed by atoms with Gasteiger partial charge >= 0.3 is 5.97 Å². The predicted octanol–water partition coefficient (Wildman–Crippen LogP) is 2.73. The molecule has 3 rings (SSSR count). The lowest BCUT2D eigenvalue weighted by Gasteiger charge is -2.31. The van der Waals surface area contributed by atoms with Crippen LogP contribution >= 0.6 is 0 Å². The summed E-state index contributed by atoms with van der Waals surface area (Å²) in [6, 6.07) is 7.69. The number of carboxylic acids is 1. The van der Waals surface area contributed by atoms with Gasteiger partial charge in [0.05, 0.1) is 16.9 Å². The molecule has 0 unspecified atom stereocenters. The second-order valence-corrected chi connectivity index (χ2v) is 6.96. The van der Waals surface area contributed by atoms with Crippen LogP contribution in [-0.4, -0.2) is 47.6 Å². The maximum atomic E-state index is 13.3. The lowest BCUT2D eigenvalue weighted by molar-refractivity contribution is 0.0696. The van der Waals surface area contributed by atoms with Crippen LogP contribution in [-0.2, 0) is 0 Å². The number of carbonyl (C=O) groups is 2. The Labute approximate surface area is 173 Å². The molecule has 1 saturated heterocycles. The summed E-state index contributed by atoms with van der Waals surface area (Å²) in [4.78, 5) is 24.6. The van der Waals surface area contributed by atoms with Crippen LogP contribution in [0.25, 0.3) is 0 Å². The zero-order valence-corrected chi connectivity index (χ0v) is 16.7. The van der Waals surface area contributed by atoms with E-state index in [9.17, 15) is 18.4 Å². The number of benzene rings is 2. The molecule has 0 bridgehead atoms. The van der Waals surface area contributed by atoms with Gasteiger partial charge in [-0.1, -0.05) is 6.92 Å². The highest BCUT2D eigenvalue weighted by Gasteiger charge is 2.20. The van der Waals surface area contributed by atoms with Crippen molar-refractivity contribution in [2.24, 2.45) is 0 Å². The molecule has 1 heterocycles. The third-order valence-electron chi connectivity index (χ3n) is 4.88. The van der Waals surface area contributed by atoms with Crippen molar-refractivity contribution < 1.29 is 23.5 Å². The molecule has 0 radical (unpaired) electrons. The van der Waals surface area contributed by atoms with Crippen molar-refractivity contribution in [2.75, 3.05) is 31.1 Å². The van der Waals surface area contributed by atoms with Gasteiger partial charge < -0.3 is 26.8 Å². The fraction of sp³-hybridized carbons (Fsp3) is 0.333. The summed E-state index contributed by atoms with van der Waals surface area (Å²) in [7, 11) is 0. The van der Waals surface area contributed by atoms with Crippen LogP contribution in [0.2, 0.25) is 0 Å². The number of likely N-dealkylation sites (tertiary alicyclic amines) is 1. The summed E-state index contributed by atoms with van der Waals surface area (Å²) in [5.41, 5.74) is 10.8. The van der Waals surface area contributed by atoms with Crippen LogP contribution in [0.1, 0.15) is 40.5 Å². The maximum Gasteiger partial charge on any atom is 0.335 e. The third-order valence-corrected chi connectivity index (χ3v) is 4.88. The van der Waals surface area contributed by atoms with Gasteiger partial charge in [-0.25, -0.2) is 13.6 Å². The van der Waals surface area contributed by atoms with Crippen molar-refractivity contribution in [1.82, 2.24) is 10.2 Å². The minimum Gasteiger partial charge on any atom is -0.478 e. The van der Waals surface area contributed by atoms with E-state index in [1.54, 1.807) is 6.07 Å². The Bertz CT molecular complexity index is 900. The van der Waals surface area contributed by atoms with E-state index in [-0.39, 0.29) is 28.9 Å². The smallest absolute Gasteiger partial charge is 0.335 e. The van der Waals surface area contributed by atoms with Gasteiger partial charge in [0.15, 0.2) is 0 Å². The van der Waals surface area contributed by atoms with E-state index < -0.39 is 17.6 Å². The minimum atomic E-state index is -1.16. The number of rotatable bonds is 4. The van der Waals surface area contributed by atoms with Crippen LogP contribution in [0.15, 0.2) is 36.4 Å². The van der Waals surface area contributed by atoms with Gasteiger partial charge in [0.2, 0.25) is 0 Å². The molecule has 0 saturated carbocycles. The number of nitrogen functional groups attached to an aromatic ring is 2. The molecule has 2 aromatic rings. The van der Waals surface area contributed by atoms with Crippen molar-refractivity contribution in [2.45, 2.75) is 25.8 Å².